The van der Waals surface area contributed by atoms with Crippen LogP contribution in [0.5, 0.6) is 5.75 Å². The van der Waals surface area contributed by atoms with Gasteiger partial charge in [-0.2, -0.15) is 0 Å². The summed E-state index contributed by atoms with van der Waals surface area (Å²) in [5.41, 5.74) is 4.56. The smallest absolute Gasteiger partial charge is 0.291 e. The highest BCUT2D eigenvalue weighted by atomic mass is 32.2. The minimum absolute atomic E-state index is 0.133. The number of thioether (sulfide) groups is 1. The summed E-state index contributed by atoms with van der Waals surface area (Å²) in [6, 6.07) is 18.8. The molecule has 0 saturated carbocycles. The third kappa shape index (κ3) is 3.68. The number of carbonyl (C=O) groups excluding carboxylic acids is 1. The number of carbonyl (C=O) groups is 1. The highest BCUT2D eigenvalue weighted by Crippen LogP contribution is 2.40. The molecule has 2 heterocycles. The first-order valence-corrected chi connectivity index (χ1v) is 12.3. The zero-order chi connectivity index (χ0) is 24.0. The Hall–Kier alpha value is -3.51. The van der Waals surface area contributed by atoms with Crippen molar-refractivity contribution in [1.29, 1.82) is 0 Å². The zero-order valence-electron chi connectivity index (χ0n) is 19.5. The Morgan fingerprint density at radius 2 is 1.65 bits per heavy atom. The monoisotopic (exact) mass is 471 g/mol. The van der Waals surface area contributed by atoms with E-state index in [1.165, 1.54) is 0 Å². The minimum Gasteiger partial charge on any atom is -0.497 e. The fraction of sp³-hybridized carbons (Fsp3) is 0.214. The van der Waals surface area contributed by atoms with Crippen LogP contribution in [-0.4, -0.2) is 24.2 Å². The number of rotatable bonds is 5. The number of hydrogen-bond acceptors (Lipinski definition) is 5. The summed E-state index contributed by atoms with van der Waals surface area (Å²) in [4.78, 5) is 30.2. The second kappa shape index (κ2) is 8.69. The first kappa shape index (κ1) is 22.3. The van der Waals surface area contributed by atoms with Crippen molar-refractivity contribution in [2.24, 2.45) is 0 Å². The van der Waals surface area contributed by atoms with Crippen molar-refractivity contribution in [3.05, 3.63) is 104 Å². The molecule has 6 heteroatoms. The maximum atomic E-state index is 13.8. The van der Waals surface area contributed by atoms with Gasteiger partial charge in [0.1, 0.15) is 11.3 Å². The molecule has 0 radical (unpaired) electrons. The number of methoxy groups -OCH3 is 1. The summed E-state index contributed by atoms with van der Waals surface area (Å²) < 4.78 is 11.4. The van der Waals surface area contributed by atoms with Gasteiger partial charge >= 0.3 is 0 Å². The van der Waals surface area contributed by atoms with Crippen molar-refractivity contribution in [3.8, 4) is 5.75 Å². The molecule has 0 unspecified atom stereocenters. The number of amides is 1. The molecule has 4 aromatic rings. The number of hydrogen-bond donors (Lipinski definition) is 0. The number of aryl methyl sites for hydroxylation is 2. The number of benzene rings is 3. The highest BCUT2D eigenvalue weighted by molar-refractivity contribution is 7.98. The van der Waals surface area contributed by atoms with Crippen LogP contribution in [0, 0.1) is 13.8 Å². The van der Waals surface area contributed by atoms with Crippen LogP contribution in [0.4, 0.5) is 0 Å². The predicted molar refractivity (Wildman–Crippen MR) is 135 cm³/mol. The van der Waals surface area contributed by atoms with Crippen LogP contribution in [0.3, 0.4) is 0 Å². The quantitative estimate of drug-likeness (QED) is 0.340. The zero-order valence-corrected chi connectivity index (χ0v) is 20.4. The number of nitrogens with zero attached hydrogens (tertiary/aromatic N) is 1. The van der Waals surface area contributed by atoms with E-state index in [0.29, 0.717) is 23.1 Å². The van der Waals surface area contributed by atoms with Gasteiger partial charge in [-0.3, -0.25) is 9.59 Å². The van der Waals surface area contributed by atoms with E-state index < -0.39 is 6.04 Å². The molecule has 5 rings (SSSR count). The van der Waals surface area contributed by atoms with Crippen molar-refractivity contribution >= 4 is 28.6 Å². The van der Waals surface area contributed by atoms with Crippen LogP contribution in [0.2, 0.25) is 0 Å². The van der Waals surface area contributed by atoms with E-state index in [1.807, 2.05) is 80.8 Å². The number of ether oxygens (including phenoxy) is 1. The summed E-state index contributed by atoms with van der Waals surface area (Å²) in [5.74, 6) is 0.605. The Labute approximate surface area is 202 Å². The Morgan fingerprint density at radius 3 is 2.29 bits per heavy atom. The molecular formula is C28H25NO4S. The second-order valence-electron chi connectivity index (χ2n) is 8.56. The van der Waals surface area contributed by atoms with E-state index in [4.69, 9.17) is 9.15 Å². The van der Waals surface area contributed by atoms with Crippen molar-refractivity contribution in [2.45, 2.75) is 31.3 Å². The van der Waals surface area contributed by atoms with Crippen molar-refractivity contribution in [2.75, 3.05) is 13.4 Å². The lowest BCUT2D eigenvalue weighted by molar-refractivity contribution is 0.0714. The standard InChI is InChI=1S/C28H25NO4S/c1-16-13-22-23(14-17(16)2)33-27-24(26(22)30)25(19-7-11-21(34-4)12-8-19)29(28(27)31)15-18-5-9-20(32-3)10-6-18/h5-14,25H,15H2,1-4H3/t25-/m1/s1. The van der Waals surface area contributed by atoms with Gasteiger partial charge in [-0.25, -0.2) is 0 Å². The molecule has 0 fully saturated rings. The van der Waals surface area contributed by atoms with E-state index in [2.05, 4.69) is 0 Å². The average Bonchev–Trinajstić information content (AvgIpc) is 3.12. The predicted octanol–water partition coefficient (Wildman–Crippen LogP) is 5.89. The molecular weight excluding hydrogens is 446 g/mol. The summed E-state index contributed by atoms with van der Waals surface area (Å²) in [7, 11) is 1.62. The van der Waals surface area contributed by atoms with Crippen LogP contribution in [0.25, 0.3) is 11.0 Å². The molecule has 5 nitrogen and oxygen atoms in total. The first-order valence-electron chi connectivity index (χ1n) is 11.1. The van der Waals surface area contributed by atoms with Gasteiger partial charge in [0.25, 0.3) is 5.91 Å². The minimum atomic E-state index is -0.525. The average molecular weight is 472 g/mol. The van der Waals surface area contributed by atoms with Crippen molar-refractivity contribution in [1.82, 2.24) is 4.90 Å². The Balaban J connectivity index is 1.69. The number of fused-ring (bicyclic) bond motifs is 2. The van der Waals surface area contributed by atoms with E-state index in [9.17, 15) is 9.59 Å². The molecule has 1 atom stereocenters. The summed E-state index contributed by atoms with van der Waals surface area (Å²) in [6.07, 6.45) is 2.02. The Bertz CT molecular complexity index is 1460. The summed E-state index contributed by atoms with van der Waals surface area (Å²) in [6.45, 7) is 4.28. The lowest BCUT2D eigenvalue weighted by Gasteiger charge is -2.25. The second-order valence-corrected chi connectivity index (χ2v) is 9.44. The molecule has 1 aromatic heterocycles. The third-order valence-corrected chi connectivity index (χ3v) is 7.27. The third-order valence-electron chi connectivity index (χ3n) is 6.53. The maximum Gasteiger partial charge on any atom is 0.291 e. The highest BCUT2D eigenvalue weighted by Gasteiger charge is 2.42. The van der Waals surface area contributed by atoms with E-state index in [1.54, 1.807) is 23.8 Å². The normalized spacial score (nSPS) is 15.1. The van der Waals surface area contributed by atoms with E-state index in [-0.39, 0.29) is 17.1 Å². The molecule has 1 aliphatic heterocycles. The van der Waals surface area contributed by atoms with Gasteiger partial charge in [-0.1, -0.05) is 24.3 Å². The van der Waals surface area contributed by atoms with Gasteiger partial charge in [0, 0.05) is 11.4 Å². The van der Waals surface area contributed by atoms with Gasteiger partial charge in [-0.15, -0.1) is 11.8 Å². The fourth-order valence-electron chi connectivity index (χ4n) is 4.50. The molecule has 1 aliphatic rings. The molecule has 0 aliphatic carbocycles. The van der Waals surface area contributed by atoms with Crippen LogP contribution in [0.15, 0.2) is 74.8 Å². The fourth-order valence-corrected chi connectivity index (χ4v) is 4.91. The molecule has 0 saturated heterocycles. The molecule has 172 valence electrons. The molecule has 34 heavy (non-hydrogen) atoms. The Morgan fingerprint density at radius 1 is 0.971 bits per heavy atom. The molecule has 0 bridgehead atoms. The van der Waals surface area contributed by atoms with Crippen LogP contribution >= 0.6 is 11.8 Å². The van der Waals surface area contributed by atoms with Crippen LogP contribution in [0.1, 0.15) is 44.4 Å². The largest absolute Gasteiger partial charge is 0.497 e. The first-order chi connectivity index (χ1) is 16.4. The van der Waals surface area contributed by atoms with Gasteiger partial charge in [0.2, 0.25) is 5.76 Å². The maximum absolute atomic E-state index is 13.8. The molecule has 1 amide bonds. The SMILES string of the molecule is COc1ccc(CN2C(=O)c3oc4cc(C)c(C)cc4c(=O)c3[C@H]2c2ccc(SC)cc2)cc1. The van der Waals surface area contributed by atoms with Gasteiger partial charge in [-0.05, 0) is 78.8 Å². The molecule has 0 N–H and O–H groups in total. The lowest BCUT2D eigenvalue weighted by Crippen LogP contribution is -2.29. The summed E-state index contributed by atoms with van der Waals surface area (Å²) >= 11 is 1.65. The van der Waals surface area contributed by atoms with Crippen molar-refractivity contribution < 1.29 is 13.9 Å². The lowest BCUT2D eigenvalue weighted by atomic mass is 9.97. The van der Waals surface area contributed by atoms with Gasteiger partial charge in [0.05, 0.1) is 24.1 Å². The summed E-state index contributed by atoms with van der Waals surface area (Å²) in [5, 5.41) is 0.506. The topological polar surface area (TPSA) is 59.8 Å². The molecule has 3 aromatic carbocycles. The van der Waals surface area contributed by atoms with E-state index >= 15 is 0 Å². The van der Waals surface area contributed by atoms with Gasteiger partial charge < -0.3 is 14.1 Å². The van der Waals surface area contributed by atoms with Crippen LogP contribution < -0.4 is 10.2 Å². The molecule has 0 spiro atoms. The van der Waals surface area contributed by atoms with Crippen LogP contribution in [-0.2, 0) is 6.54 Å². The van der Waals surface area contributed by atoms with Crippen molar-refractivity contribution in [3.63, 3.8) is 0 Å². The Kier molecular flexibility index (Phi) is 5.70. The van der Waals surface area contributed by atoms with E-state index in [0.717, 1.165) is 32.9 Å². The van der Waals surface area contributed by atoms with Gasteiger partial charge in [0.15, 0.2) is 5.43 Å².